The van der Waals surface area contributed by atoms with Crippen LogP contribution in [-0.4, -0.2) is 10.9 Å². The fourth-order valence-corrected chi connectivity index (χ4v) is 2.49. The van der Waals surface area contributed by atoms with Crippen LogP contribution in [0.4, 0.5) is 11.5 Å². The van der Waals surface area contributed by atoms with E-state index in [0.717, 1.165) is 17.8 Å². The largest absolute Gasteiger partial charge is 0.369 e. The molecule has 3 rings (SSSR count). The van der Waals surface area contributed by atoms with E-state index in [-0.39, 0.29) is 5.96 Å². The highest BCUT2D eigenvalue weighted by molar-refractivity contribution is 6.30. The summed E-state index contributed by atoms with van der Waals surface area (Å²) in [5.74, 6) is 0.831. The summed E-state index contributed by atoms with van der Waals surface area (Å²) < 4.78 is 0. The first-order valence-electron chi connectivity index (χ1n) is 7.56. The van der Waals surface area contributed by atoms with Gasteiger partial charge in [0.2, 0.25) is 0 Å². The summed E-state index contributed by atoms with van der Waals surface area (Å²) >= 11 is 5.95. The van der Waals surface area contributed by atoms with Gasteiger partial charge in [-0.05, 0) is 35.9 Å². The lowest BCUT2D eigenvalue weighted by Gasteiger charge is -2.06. The van der Waals surface area contributed by atoms with Crippen LogP contribution in [0.5, 0.6) is 0 Å². The highest BCUT2D eigenvalue weighted by Crippen LogP contribution is 2.16. The van der Waals surface area contributed by atoms with Crippen LogP contribution in [-0.2, 0) is 6.42 Å². The zero-order chi connectivity index (χ0) is 16.8. The van der Waals surface area contributed by atoms with Crippen LogP contribution >= 0.6 is 11.6 Å². The van der Waals surface area contributed by atoms with E-state index in [0.29, 0.717) is 10.8 Å². The van der Waals surface area contributed by atoms with E-state index in [9.17, 15) is 0 Å². The normalized spacial score (nSPS) is 11.3. The average Bonchev–Trinajstić information content (AvgIpc) is 2.56. The molecule has 0 spiro atoms. The van der Waals surface area contributed by atoms with Crippen LogP contribution in [0.15, 0.2) is 77.8 Å². The maximum Gasteiger partial charge on any atom is 0.199 e. The first-order valence-corrected chi connectivity index (χ1v) is 7.93. The maximum atomic E-state index is 5.95. The lowest BCUT2D eigenvalue weighted by molar-refractivity contribution is 1.07. The molecule has 0 saturated carbocycles. The van der Waals surface area contributed by atoms with Gasteiger partial charge in [-0.25, -0.2) is 4.98 Å². The number of halogens is 1. The minimum Gasteiger partial charge on any atom is -0.369 e. The van der Waals surface area contributed by atoms with E-state index in [1.54, 1.807) is 12.1 Å². The van der Waals surface area contributed by atoms with E-state index >= 15 is 0 Å². The number of aliphatic imine (C=N–C) groups is 1. The molecule has 0 atom stereocenters. The van der Waals surface area contributed by atoms with Crippen molar-refractivity contribution in [2.24, 2.45) is 10.7 Å². The van der Waals surface area contributed by atoms with E-state index in [1.807, 2.05) is 48.5 Å². The third-order valence-corrected chi connectivity index (χ3v) is 3.59. The first kappa shape index (κ1) is 16.0. The van der Waals surface area contributed by atoms with Crippen molar-refractivity contribution >= 4 is 29.1 Å². The van der Waals surface area contributed by atoms with Gasteiger partial charge in [-0.2, -0.15) is 4.99 Å². The summed E-state index contributed by atoms with van der Waals surface area (Å²) in [6.07, 6.45) is 0.756. The Morgan fingerprint density at radius 2 is 1.79 bits per heavy atom. The number of hydrogen-bond acceptors (Lipinski definition) is 2. The van der Waals surface area contributed by atoms with Gasteiger partial charge in [0.25, 0.3) is 0 Å². The molecule has 1 heterocycles. The van der Waals surface area contributed by atoms with Crippen LogP contribution in [0.25, 0.3) is 0 Å². The van der Waals surface area contributed by atoms with Crippen molar-refractivity contribution < 1.29 is 0 Å². The third-order valence-electron chi connectivity index (χ3n) is 3.35. The predicted molar refractivity (Wildman–Crippen MR) is 99.8 cm³/mol. The van der Waals surface area contributed by atoms with E-state index in [2.05, 4.69) is 27.4 Å². The molecule has 0 fully saturated rings. The highest BCUT2D eigenvalue weighted by atomic mass is 35.5. The molecule has 1 aromatic heterocycles. The van der Waals surface area contributed by atoms with Gasteiger partial charge in [0.15, 0.2) is 11.8 Å². The second-order valence-corrected chi connectivity index (χ2v) is 5.72. The number of rotatable bonds is 4. The standard InChI is InChI=1S/C19H17ClN4/c20-15-8-4-9-17(13-15)23-19(21)24-18-11-5-10-16(22-18)12-14-6-2-1-3-7-14/h1-11,13H,12H2,(H3,21,22,23,24). The first-order chi connectivity index (χ1) is 11.7. The number of benzene rings is 2. The minimum absolute atomic E-state index is 0.265. The lowest BCUT2D eigenvalue weighted by Crippen LogP contribution is -2.22. The van der Waals surface area contributed by atoms with Crippen LogP contribution in [0, 0.1) is 0 Å². The highest BCUT2D eigenvalue weighted by Gasteiger charge is 2.01. The Balaban J connectivity index is 1.73. The SMILES string of the molecule is NC(=Nc1cccc(Cc2ccccc2)n1)Nc1cccc(Cl)c1. The molecule has 0 aliphatic carbocycles. The molecule has 24 heavy (non-hydrogen) atoms. The molecule has 5 heteroatoms. The summed E-state index contributed by atoms with van der Waals surface area (Å²) in [6.45, 7) is 0. The number of hydrogen-bond donors (Lipinski definition) is 2. The number of guanidine groups is 1. The molecule has 4 nitrogen and oxygen atoms in total. The zero-order valence-electron chi connectivity index (χ0n) is 13.0. The minimum atomic E-state index is 0.265. The van der Waals surface area contributed by atoms with Crippen molar-refractivity contribution in [3.63, 3.8) is 0 Å². The molecule has 0 unspecified atom stereocenters. The van der Waals surface area contributed by atoms with Gasteiger partial charge < -0.3 is 11.1 Å². The summed E-state index contributed by atoms with van der Waals surface area (Å²) in [5.41, 5.74) is 8.88. The Bertz CT molecular complexity index is 847. The van der Waals surface area contributed by atoms with Gasteiger partial charge in [-0.15, -0.1) is 0 Å². The van der Waals surface area contributed by atoms with Gasteiger partial charge in [0.05, 0.1) is 0 Å². The average molecular weight is 337 g/mol. The molecule has 0 radical (unpaired) electrons. The Kier molecular flexibility index (Phi) is 5.08. The molecule has 0 saturated heterocycles. The van der Waals surface area contributed by atoms with Gasteiger partial charge in [0, 0.05) is 22.8 Å². The Hall–Kier alpha value is -2.85. The van der Waals surface area contributed by atoms with Crippen molar-refractivity contribution in [3.05, 3.63) is 89.1 Å². The van der Waals surface area contributed by atoms with Gasteiger partial charge in [0.1, 0.15) is 0 Å². The second-order valence-electron chi connectivity index (χ2n) is 5.28. The summed E-state index contributed by atoms with van der Waals surface area (Å²) in [4.78, 5) is 8.85. The quantitative estimate of drug-likeness (QED) is 0.549. The number of nitrogens with one attached hydrogen (secondary N) is 1. The van der Waals surface area contributed by atoms with Gasteiger partial charge in [-0.3, -0.25) is 0 Å². The number of anilines is 1. The van der Waals surface area contributed by atoms with Crippen LogP contribution in [0.2, 0.25) is 5.02 Å². The Morgan fingerprint density at radius 3 is 2.58 bits per heavy atom. The molecule has 3 aromatic rings. The number of nitrogens with two attached hydrogens (primary N) is 1. The van der Waals surface area contributed by atoms with Crippen molar-refractivity contribution in [2.75, 3.05) is 5.32 Å². The fourth-order valence-electron chi connectivity index (χ4n) is 2.30. The maximum absolute atomic E-state index is 5.95. The van der Waals surface area contributed by atoms with Crippen LogP contribution in [0.3, 0.4) is 0 Å². The predicted octanol–water partition coefficient (Wildman–Crippen LogP) is 4.38. The molecule has 0 amide bonds. The van der Waals surface area contributed by atoms with E-state index < -0.39 is 0 Å². The Labute approximate surface area is 146 Å². The van der Waals surface area contributed by atoms with Crippen molar-refractivity contribution in [1.82, 2.24) is 4.98 Å². The lowest BCUT2D eigenvalue weighted by atomic mass is 10.1. The smallest absolute Gasteiger partial charge is 0.199 e. The molecule has 0 aliphatic rings. The molecule has 120 valence electrons. The van der Waals surface area contributed by atoms with Crippen molar-refractivity contribution in [3.8, 4) is 0 Å². The molecule has 0 aliphatic heterocycles. The number of aromatic nitrogens is 1. The second kappa shape index (κ2) is 7.62. The summed E-state index contributed by atoms with van der Waals surface area (Å²) in [7, 11) is 0. The van der Waals surface area contributed by atoms with Crippen molar-refractivity contribution in [2.45, 2.75) is 6.42 Å². The topological polar surface area (TPSA) is 63.3 Å². The zero-order valence-corrected chi connectivity index (χ0v) is 13.7. The molecular weight excluding hydrogens is 320 g/mol. The van der Waals surface area contributed by atoms with Crippen LogP contribution < -0.4 is 11.1 Å². The number of nitrogens with zero attached hydrogens (tertiary/aromatic N) is 2. The van der Waals surface area contributed by atoms with Crippen LogP contribution in [0.1, 0.15) is 11.3 Å². The fraction of sp³-hybridized carbons (Fsp3) is 0.0526. The molecular formula is C19H17ClN4. The molecule has 3 N–H and O–H groups in total. The summed E-state index contributed by atoms with van der Waals surface area (Å²) in [6, 6.07) is 23.2. The van der Waals surface area contributed by atoms with Gasteiger partial charge >= 0.3 is 0 Å². The van der Waals surface area contributed by atoms with E-state index in [1.165, 1.54) is 5.56 Å². The Morgan fingerprint density at radius 1 is 1.00 bits per heavy atom. The molecule has 2 aromatic carbocycles. The monoisotopic (exact) mass is 336 g/mol. The van der Waals surface area contributed by atoms with E-state index in [4.69, 9.17) is 17.3 Å². The third kappa shape index (κ3) is 4.57. The van der Waals surface area contributed by atoms with Gasteiger partial charge in [-0.1, -0.05) is 54.1 Å². The summed E-state index contributed by atoms with van der Waals surface area (Å²) in [5, 5.41) is 3.64. The van der Waals surface area contributed by atoms with Crippen molar-refractivity contribution in [1.29, 1.82) is 0 Å². The number of pyridine rings is 1. The molecule has 0 bridgehead atoms.